The molecule has 0 spiro atoms. The van der Waals surface area contributed by atoms with Crippen molar-refractivity contribution in [3.8, 4) is 0 Å². The molecule has 0 fully saturated rings. The molecule has 0 saturated heterocycles. The van der Waals surface area contributed by atoms with Gasteiger partial charge in [-0.25, -0.2) is 0 Å². The summed E-state index contributed by atoms with van der Waals surface area (Å²) in [5, 5.41) is 0. The monoisotopic (exact) mass is 183 g/mol. The normalized spacial score (nSPS) is 10.4. The number of hydrogen-bond donors (Lipinski definition) is 0. The minimum absolute atomic E-state index is 0. The van der Waals surface area contributed by atoms with Gasteiger partial charge in [0.15, 0.2) is 0 Å². The number of rotatable bonds is 3. The second-order valence-electron chi connectivity index (χ2n) is 4.04. The fourth-order valence-electron chi connectivity index (χ4n) is 1.33. The molecule has 0 radical (unpaired) electrons. The van der Waals surface area contributed by atoms with E-state index in [0.717, 1.165) is 6.54 Å². The third kappa shape index (κ3) is 4.33. The van der Waals surface area contributed by atoms with Gasteiger partial charge in [0, 0.05) is 6.54 Å². The van der Waals surface area contributed by atoms with Crippen LogP contribution in [0.2, 0.25) is 0 Å². The first kappa shape index (κ1) is 13.8. The van der Waals surface area contributed by atoms with E-state index in [2.05, 4.69) is 51.0 Å². The van der Waals surface area contributed by atoms with Crippen molar-refractivity contribution in [3.63, 3.8) is 0 Å². The Kier molecular flexibility index (Phi) is 6.20. The quantitative estimate of drug-likeness (QED) is 0.458. The van der Waals surface area contributed by atoms with Gasteiger partial charge in [0.05, 0.1) is 0 Å². The van der Waals surface area contributed by atoms with Gasteiger partial charge in [0.1, 0.15) is 0 Å². The minimum atomic E-state index is 0. The van der Waals surface area contributed by atoms with Crippen LogP contribution in [-0.2, 0) is 6.54 Å². The molecule has 0 bridgehead atoms. The molecule has 72 valence electrons. The molecule has 1 rings (SSSR count). The van der Waals surface area contributed by atoms with E-state index in [1.807, 2.05) is 6.07 Å². The third-order valence-corrected chi connectivity index (χ3v) is 2.04. The first-order chi connectivity index (χ1) is 6.09. The molecule has 0 saturated carbocycles. The summed E-state index contributed by atoms with van der Waals surface area (Å²) in [5.74, 6) is 0.607. The molecule has 0 amide bonds. The molecule has 0 aliphatic rings. The van der Waals surface area contributed by atoms with Gasteiger partial charge in [0.2, 0.25) is 0 Å². The number of hydrogen-bond acceptors (Lipinski definition) is 1. The molecule has 0 aromatic heterocycles. The zero-order valence-electron chi connectivity index (χ0n) is 9.96. The third-order valence-electron chi connectivity index (χ3n) is 2.04. The van der Waals surface area contributed by atoms with Crippen LogP contribution in [0.4, 0.5) is 0 Å². The summed E-state index contributed by atoms with van der Waals surface area (Å²) in [4.78, 5) is 2.16. The molecule has 1 nitrogen and oxygen atoms in total. The van der Waals surface area contributed by atoms with Crippen LogP contribution in [0.25, 0.3) is 0 Å². The largest absolute Gasteiger partial charge is 1.00 e. The molecule has 0 aliphatic carbocycles. The van der Waals surface area contributed by atoms with Crippen LogP contribution in [0.1, 0.15) is 30.9 Å². The van der Waals surface area contributed by atoms with Crippen molar-refractivity contribution in [1.29, 1.82) is 0 Å². The molecule has 1 aromatic carbocycles. The summed E-state index contributed by atoms with van der Waals surface area (Å²) in [7, 11) is 4.16. The average Bonchev–Trinajstić information content (AvgIpc) is 2.03. The van der Waals surface area contributed by atoms with Crippen LogP contribution in [0.5, 0.6) is 0 Å². The van der Waals surface area contributed by atoms with Gasteiger partial charge in [-0.3, -0.25) is 0 Å². The summed E-state index contributed by atoms with van der Waals surface area (Å²) in [5.41, 5.74) is 2.67. The number of benzene rings is 1. The first-order valence-corrected chi connectivity index (χ1v) is 4.75. The Bertz CT molecular complexity index is 269. The molecule has 1 aromatic rings. The van der Waals surface area contributed by atoms with E-state index in [0.29, 0.717) is 5.92 Å². The Morgan fingerprint density at radius 1 is 1.36 bits per heavy atom. The van der Waals surface area contributed by atoms with Gasteiger partial charge in [0.25, 0.3) is 0 Å². The van der Waals surface area contributed by atoms with Crippen LogP contribution in [-0.4, -0.2) is 19.0 Å². The maximum atomic E-state index is 3.25. The molecule has 0 unspecified atom stereocenters. The SMILES string of the molecule is CC(C)c1cc[c-]c(CN(C)C)c1.[Li+]. The van der Waals surface area contributed by atoms with E-state index in [9.17, 15) is 0 Å². The van der Waals surface area contributed by atoms with Crippen molar-refractivity contribution in [2.24, 2.45) is 0 Å². The van der Waals surface area contributed by atoms with E-state index in [1.54, 1.807) is 0 Å². The molecule has 0 N–H and O–H groups in total. The predicted octanol–water partition coefficient (Wildman–Crippen LogP) is -0.324. The number of nitrogens with zero attached hydrogens (tertiary/aromatic N) is 1. The molecule has 0 heterocycles. The van der Waals surface area contributed by atoms with Gasteiger partial charge in [-0.1, -0.05) is 13.8 Å². The van der Waals surface area contributed by atoms with Crippen LogP contribution in [0.15, 0.2) is 18.2 Å². The Hall–Kier alpha value is -0.223. The maximum Gasteiger partial charge on any atom is 1.00 e. The van der Waals surface area contributed by atoms with Crippen LogP contribution in [0.3, 0.4) is 0 Å². The van der Waals surface area contributed by atoms with Crippen molar-refractivity contribution in [1.82, 2.24) is 4.90 Å². The van der Waals surface area contributed by atoms with Crippen molar-refractivity contribution < 1.29 is 18.9 Å². The van der Waals surface area contributed by atoms with E-state index in [-0.39, 0.29) is 18.9 Å². The van der Waals surface area contributed by atoms with Gasteiger partial charge < -0.3 is 4.90 Å². The summed E-state index contributed by atoms with van der Waals surface area (Å²) in [6.07, 6.45) is 0. The summed E-state index contributed by atoms with van der Waals surface area (Å²) in [6, 6.07) is 9.66. The Morgan fingerprint density at radius 2 is 2.00 bits per heavy atom. The van der Waals surface area contributed by atoms with E-state index in [4.69, 9.17) is 0 Å². The molecular weight excluding hydrogens is 165 g/mol. The summed E-state index contributed by atoms with van der Waals surface area (Å²) in [6.45, 7) is 5.41. The molecular formula is C12H18LiN. The minimum Gasteiger partial charge on any atom is -0.307 e. The zero-order chi connectivity index (χ0) is 9.84. The van der Waals surface area contributed by atoms with Gasteiger partial charge in [-0.05, 0) is 20.0 Å². The standard InChI is InChI=1S/C12H18N.Li/c1-10(2)12-7-5-6-11(8-12)9-13(3)4;/h5,7-8,10H,9H2,1-4H3;/q-1;+1. The van der Waals surface area contributed by atoms with Gasteiger partial charge in [-0.2, -0.15) is 29.8 Å². The molecule has 0 aliphatic heterocycles. The van der Waals surface area contributed by atoms with Crippen LogP contribution >= 0.6 is 0 Å². The molecule has 14 heavy (non-hydrogen) atoms. The fraction of sp³-hybridized carbons (Fsp3) is 0.500. The fourth-order valence-corrected chi connectivity index (χ4v) is 1.33. The van der Waals surface area contributed by atoms with Gasteiger partial charge >= 0.3 is 18.9 Å². The Labute approximate surface area is 99.7 Å². The predicted molar refractivity (Wildman–Crippen MR) is 56.8 cm³/mol. The first-order valence-electron chi connectivity index (χ1n) is 4.75. The topological polar surface area (TPSA) is 3.24 Å². The van der Waals surface area contributed by atoms with Crippen molar-refractivity contribution in [2.75, 3.05) is 14.1 Å². The van der Waals surface area contributed by atoms with Crippen LogP contribution < -0.4 is 18.9 Å². The zero-order valence-corrected chi connectivity index (χ0v) is 9.96. The molecule has 2 heteroatoms. The van der Waals surface area contributed by atoms with E-state index in [1.165, 1.54) is 11.1 Å². The maximum absolute atomic E-state index is 3.25. The van der Waals surface area contributed by atoms with Crippen molar-refractivity contribution >= 4 is 0 Å². The summed E-state index contributed by atoms with van der Waals surface area (Å²) >= 11 is 0. The van der Waals surface area contributed by atoms with Crippen molar-refractivity contribution in [2.45, 2.75) is 26.3 Å². The van der Waals surface area contributed by atoms with Crippen LogP contribution in [0, 0.1) is 6.07 Å². The van der Waals surface area contributed by atoms with Crippen molar-refractivity contribution in [3.05, 3.63) is 35.4 Å². The summed E-state index contributed by atoms with van der Waals surface area (Å²) < 4.78 is 0. The van der Waals surface area contributed by atoms with E-state index >= 15 is 0 Å². The smallest absolute Gasteiger partial charge is 0.307 e. The average molecular weight is 183 g/mol. The molecule has 0 atom stereocenters. The Balaban J connectivity index is 0.00000169. The second kappa shape index (κ2) is 6.30. The second-order valence-corrected chi connectivity index (χ2v) is 4.04. The van der Waals surface area contributed by atoms with E-state index < -0.39 is 0 Å². The van der Waals surface area contributed by atoms with Gasteiger partial charge in [-0.15, -0.1) is 5.56 Å². The Morgan fingerprint density at radius 3 is 2.50 bits per heavy atom.